The van der Waals surface area contributed by atoms with Gasteiger partial charge in [-0.25, -0.2) is 4.98 Å². The maximum atomic E-state index is 5.00. The molecule has 4 aromatic heterocycles. The molecule has 0 saturated carbocycles. The first-order valence-corrected chi connectivity index (χ1v) is 8.66. The van der Waals surface area contributed by atoms with E-state index >= 15 is 0 Å². The summed E-state index contributed by atoms with van der Waals surface area (Å²) in [4.78, 5) is 9.61. The Morgan fingerprint density at radius 3 is 2.62 bits per heavy atom. The van der Waals surface area contributed by atoms with Gasteiger partial charge in [-0.1, -0.05) is 12.1 Å². The van der Waals surface area contributed by atoms with Crippen molar-refractivity contribution in [2.45, 2.75) is 0 Å². The molecule has 6 rings (SSSR count). The van der Waals surface area contributed by atoms with Crippen molar-refractivity contribution in [1.29, 1.82) is 0 Å². The van der Waals surface area contributed by atoms with Crippen molar-refractivity contribution in [1.82, 2.24) is 18.9 Å². The molecule has 0 fully saturated rings. The molecule has 2 aromatic carbocycles. The minimum atomic E-state index is 0.967. The van der Waals surface area contributed by atoms with Crippen LogP contribution in [0.2, 0.25) is 0 Å². The molecule has 0 spiro atoms. The van der Waals surface area contributed by atoms with Crippen molar-refractivity contribution in [2.24, 2.45) is 7.05 Å². The van der Waals surface area contributed by atoms with E-state index in [1.165, 1.54) is 25.8 Å². The lowest BCUT2D eigenvalue weighted by Crippen LogP contribution is -1.87. The van der Waals surface area contributed by atoms with Gasteiger partial charge in [0.2, 0.25) is 5.78 Å². The molecule has 4 heterocycles. The monoisotopic (exact) mass is 328 g/mol. The fraction of sp³-hybridized carbons (Fsp3) is 0.0526. The van der Waals surface area contributed by atoms with E-state index in [1.54, 1.807) is 11.3 Å². The topological polar surface area (TPSA) is 35.1 Å². The second-order valence-electron chi connectivity index (χ2n) is 6.05. The van der Waals surface area contributed by atoms with Crippen LogP contribution >= 0.6 is 11.3 Å². The average Bonchev–Trinajstić information content (AvgIpc) is 3.25. The Balaban J connectivity index is 1.94. The van der Waals surface area contributed by atoms with E-state index in [0.717, 1.165) is 22.3 Å². The first kappa shape index (κ1) is 12.5. The van der Waals surface area contributed by atoms with E-state index in [9.17, 15) is 0 Å². The van der Waals surface area contributed by atoms with Crippen molar-refractivity contribution >= 4 is 59.5 Å². The Kier molecular flexibility index (Phi) is 2.15. The molecule has 0 amide bonds. The van der Waals surface area contributed by atoms with Crippen molar-refractivity contribution < 1.29 is 0 Å². The number of aryl methyl sites for hydroxylation is 1. The van der Waals surface area contributed by atoms with Gasteiger partial charge >= 0.3 is 0 Å². The fourth-order valence-corrected chi connectivity index (χ4v) is 4.78. The summed E-state index contributed by atoms with van der Waals surface area (Å²) in [6.45, 7) is 0. The number of aromatic nitrogens is 4. The molecule has 5 heteroatoms. The van der Waals surface area contributed by atoms with E-state index in [-0.39, 0.29) is 0 Å². The highest BCUT2D eigenvalue weighted by Gasteiger charge is 2.17. The van der Waals surface area contributed by atoms with E-state index in [1.807, 2.05) is 12.3 Å². The third-order valence-electron chi connectivity index (χ3n) is 4.78. The van der Waals surface area contributed by atoms with Crippen molar-refractivity contribution in [2.75, 3.05) is 0 Å². The molecule has 0 aliphatic carbocycles. The molecular weight excluding hydrogens is 316 g/mol. The maximum absolute atomic E-state index is 5.00. The van der Waals surface area contributed by atoms with Gasteiger partial charge < -0.3 is 4.57 Å². The van der Waals surface area contributed by atoms with Crippen molar-refractivity contribution in [3.05, 3.63) is 54.7 Å². The number of hydrogen-bond acceptors (Lipinski definition) is 3. The average molecular weight is 328 g/mol. The Bertz CT molecular complexity index is 1420. The minimum absolute atomic E-state index is 0.967. The number of hydrogen-bond donors (Lipinski definition) is 0. The minimum Gasteiger partial charge on any atom is -0.313 e. The highest BCUT2D eigenvalue weighted by Crippen LogP contribution is 2.38. The Labute approximate surface area is 140 Å². The zero-order chi connectivity index (χ0) is 15.8. The molecule has 24 heavy (non-hydrogen) atoms. The maximum Gasteiger partial charge on any atom is 0.215 e. The van der Waals surface area contributed by atoms with Gasteiger partial charge in [0.05, 0.1) is 26.8 Å². The Morgan fingerprint density at radius 2 is 1.71 bits per heavy atom. The second kappa shape index (κ2) is 4.13. The first-order chi connectivity index (χ1) is 11.8. The van der Waals surface area contributed by atoms with Crippen LogP contribution < -0.4 is 0 Å². The lowest BCUT2D eigenvalue weighted by Gasteiger charge is -1.97. The van der Waals surface area contributed by atoms with E-state index in [0.29, 0.717) is 0 Å². The smallest absolute Gasteiger partial charge is 0.215 e. The van der Waals surface area contributed by atoms with Gasteiger partial charge in [0.25, 0.3) is 0 Å². The van der Waals surface area contributed by atoms with Gasteiger partial charge in [0.1, 0.15) is 5.52 Å². The summed E-state index contributed by atoms with van der Waals surface area (Å²) < 4.78 is 6.85. The van der Waals surface area contributed by atoms with Crippen LogP contribution in [0.15, 0.2) is 54.7 Å². The van der Waals surface area contributed by atoms with Gasteiger partial charge in [-0.05, 0) is 36.4 Å². The zero-order valence-electron chi connectivity index (χ0n) is 12.9. The highest BCUT2D eigenvalue weighted by atomic mass is 32.1. The van der Waals surface area contributed by atoms with Crippen molar-refractivity contribution in [3.63, 3.8) is 0 Å². The summed E-state index contributed by atoms with van der Waals surface area (Å²) in [5.41, 5.74) is 5.60. The van der Waals surface area contributed by atoms with Crippen LogP contribution in [0, 0.1) is 0 Å². The molecule has 114 valence electrons. The molecule has 0 radical (unpaired) electrons. The number of imidazole rings is 2. The Hall–Kier alpha value is -2.92. The SMILES string of the molecule is Cn1c2ccccc2n2c3ccc4sc5cccnc5c4c3nc12. The van der Waals surface area contributed by atoms with Crippen LogP contribution in [-0.4, -0.2) is 18.9 Å². The second-order valence-corrected chi connectivity index (χ2v) is 7.14. The van der Waals surface area contributed by atoms with Gasteiger partial charge in [-0.3, -0.25) is 9.38 Å². The van der Waals surface area contributed by atoms with Crippen LogP contribution in [0.5, 0.6) is 0 Å². The van der Waals surface area contributed by atoms with Gasteiger partial charge in [0, 0.05) is 23.3 Å². The fourth-order valence-electron chi connectivity index (χ4n) is 3.71. The molecule has 6 aromatic rings. The summed E-state index contributed by atoms with van der Waals surface area (Å²) in [6, 6.07) is 16.9. The number of rotatable bonds is 0. The summed E-state index contributed by atoms with van der Waals surface area (Å²) in [7, 11) is 2.07. The number of pyridine rings is 1. The van der Waals surface area contributed by atoms with Gasteiger partial charge in [-0.15, -0.1) is 11.3 Å². The number of nitrogens with zero attached hydrogens (tertiary/aromatic N) is 4. The summed E-state index contributed by atoms with van der Waals surface area (Å²) in [5.74, 6) is 0.967. The number of benzene rings is 2. The number of para-hydroxylation sites is 2. The predicted molar refractivity (Wildman–Crippen MR) is 99.9 cm³/mol. The molecular formula is C19H12N4S. The van der Waals surface area contributed by atoms with Crippen LogP contribution in [0.1, 0.15) is 0 Å². The molecule has 0 unspecified atom stereocenters. The molecule has 0 saturated heterocycles. The summed E-state index contributed by atoms with van der Waals surface area (Å²) in [6.07, 6.45) is 1.86. The number of thiophene rings is 1. The zero-order valence-corrected chi connectivity index (χ0v) is 13.7. The van der Waals surface area contributed by atoms with Gasteiger partial charge in [0.15, 0.2) is 0 Å². The molecule has 0 bridgehead atoms. The lowest BCUT2D eigenvalue weighted by atomic mass is 10.2. The summed E-state index contributed by atoms with van der Waals surface area (Å²) >= 11 is 1.78. The Morgan fingerprint density at radius 1 is 0.833 bits per heavy atom. The highest BCUT2D eigenvalue weighted by molar-refractivity contribution is 7.25. The van der Waals surface area contributed by atoms with Gasteiger partial charge in [-0.2, -0.15) is 0 Å². The molecule has 0 N–H and O–H groups in total. The molecule has 0 aliphatic heterocycles. The van der Waals surface area contributed by atoms with E-state index in [2.05, 4.69) is 63.5 Å². The normalized spacial score (nSPS) is 12.4. The first-order valence-electron chi connectivity index (χ1n) is 7.85. The summed E-state index contributed by atoms with van der Waals surface area (Å²) in [5, 5.41) is 1.17. The number of fused-ring (bicyclic) bond motifs is 9. The predicted octanol–water partition coefficient (Wildman–Crippen LogP) is 4.74. The van der Waals surface area contributed by atoms with Crippen LogP contribution in [0.3, 0.4) is 0 Å². The van der Waals surface area contributed by atoms with Crippen molar-refractivity contribution in [3.8, 4) is 0 Å². The third kappa shape index (κ3) is 1.35. The van der Waals surface area contributed by atoms with Crippen LogP contribution in [0.4, 0.5) is 0 Å². The van der Waals surface area contributed by atoms with E-state index < -0.39 is 0 Å². The largest absolute Gasteiger partial charge is 0.313 e. The quantitative estimate of drug-likeness (QED) is 0.403. The lowest BCUT2D eigenvalue weighted by molar-refractivity contribution is 0.974. The molecule has 0 aliphatic rings. The van der Waals surface area contributed by atoms with Crippen LogP contribution in [-0.2, 0) is 7.05 Å². The molecule has 4 nitrogen and oxygen atoms in total. The van der Waals surface area contributed by atoms with E-state index in [4.69, 9.17) is 4.98 Å². The standard InChI is InChI=1S/C19H12N4S/c1-22-11-5-2-3-6-12(11)23-13-8-9-14-16(17(13)21-19(22)23)18-15(24-14)7-4-10-20-18/h2-10H,1H3. The molecule has 0 atom stereocenters. The third-order valence-corrected chi connectivity index (χ3v) is 5.89. The van der Waals surface area contributed by atoms with Crippen LogP contribution in [0.25, 0.3) is 48.1 Å².